The lowest BCUT2D eigenvalue weighted by atomic mass is 10.2. The lowest BCUT2D eigenvalue weighted by molar-refractivity contribution is 0.905. The van der Waals surface area contributed by atoms with E-state index < -0.39 is 0 Å². The predicted octanol–water partition coefficient (Wildman–Crippen LogP) is 2.82. The molecule has 3 heteroatoms. The monoisotopic (exact) mass is 189 g/mol. The Hall–Kier alpha value is -1.38. The van der Waals surface area contributed by atoms with E-state index in [-0.39, 0.29) is 0 Å². The van der Waals surface area contributed by atoms with E-state index in [1.807, 2.05) is 0 Å². The van der Waals surface area contributed by atoms with Crippen molar-refractivity contribution in [2.45, 2.75) is 19.4 Å². The first-order valence-corrected chi connectivity index (χ1v) is 5.07. The number of nitrogens with one attached hydrogen (secondary N) is 1. The fourth-order valence-corrected chi connectivity index (χ4v) is 1.88. The highest BCUT2D eigenvalue weighted by atomic mass is 15.1. The second-order valence-electron chi connectivity index (χ2n) is 3.68. The molecule has 1 aromatic rings. The Morgan fingerprint density at radius 3 is 2.36 bits per heavy atom. The summed E-state index contributed by atoms with van der Waals surface area (Å²) in [4.78, 5) is 2.40. The first kappa shape index (κ1) is 9.19. The van der Waals surface area contributed by atoms with Crippen molar-refractivity contribution >= 4 is 5.69 Å². The Balaban J connectivity index is 2.08. The number of benzene rings is 1. The minimum Gasteiger partial charge on any atom is -0.372 e. The van der Waals surface area contributed by atoms with Crippen LogP contribution in [0.4, 0.5) is 5.69 Å². The van der Waals surface area contributed by atoms with Gasteiger partial charge in [-0.2, -0.15) is 5.11 Å². The maximum absolute atomic E-state index is 6.78. The zero-order valence-electron chi connectivity index (χ0n) is 8.24. The van der Waals surface area contributed by atoms with Crippen LogP contribution in [0.3, 0.4) is 0 Å². The average Bonchev–Trinajstić information content (AvgIpc) is 2.72. The van der Waals surface area contributed by atoms with Gasteiger partial charge >= 0.3 is 0 Å². The van der Waals surface area contributed by atoms with Gasteiger partial charge in [-0.3, -0.25) is 0 Å². The molecule has 1 aliphatic heterocycles. The number of hydrogen-bond acceptors (Lipinski definition) is 3. The Bertz CT molecular complexity index is 299. The van der Waals surface area contributed by atoms with Crippen molar-refractivity contribution in [1.82, 2.24) is 0 Å². The molecule has 0 aliphatic carbocycles. The summed E-state index contributed by atoms with van der Waals surface area (Å²) in [6.07, 6.45) is 2.62. The zero-order valence-corrected chi connectivity index (χ0v) is 8.24. The average molecular weight is 189 g/mol. The van der Waals surface area contributed by atoms with Crippen LogP contribution in [0, 0.1) is 5.53 Å². The summed E-state index contributed by atoms with van der Waals surface area (Å²) in [7, 11) is 0. The van der Waals surface area contributed by atoms with Gasteiger partial charge in [-0.25, -0.2) is 5.53 Å². The minimum absolute atomic E-state index is 0.500. The molecule has 1 N–H and O–H groups in total. The Morgan fingerprint density at radius 1 is 1.14 bits per heavy atom. The highest BCUT2D eigenvalue weighted by molar-refractivity contribution is 5.48. The standard InChI is InChI=1S/C11H15N3/c12-13-9-10-3-5-11(6-4-10)14-7-1-2-8-14/h3-6,12H,1-2,7-9H2. The minimum atomic E-state index is 0.500. The van der Waals surface area contributed by atoms with Gasteiger partial charge in [-0.1, -0.05) is 12.1 Å². The predicted molar refractivity (Wildman–Crippen MR) is 56.7 cm³/mol. The summed E-state index contributed by atoms with van der Waals surface area (Å²) in [6, 6.07) is 8.38. The van der Waals surface area contributed by atoms with Gasteiger partial charge < -0.3 is 4.90 Å². The van der Waals surface area contributed by atoms with Crippen LogP contribution in [0.25, 0.3) is 0 Å². The number of anilines is 1. The molecule has 1 aromatic carbocycles. The van der Waals surface area contributed by atoms with Gasteiger partial charge in [0.05, 0.1) is 6.54 Å². The van der Waals surface area contributed by atoms with E-state index in [2.05, 4.69) is 34.3 Å². The van der Waals surface area contributed by atoms with Gasteiger partial charge in [0, 0.05) is 18.8 Å². The first-order valence-electron chi connectivity index (χ1n) is 5.07. The lowest BCUT2D eigenvalue weighted by Crippen LogP contribution is -2.17. The van der Waals surface area contributed by atoms with Crippen LogP contribution in [0.2, 0.25) is 0 Å². The molecule has 2 rings (SSSR count). The highest BCUT2D eigenvalue weighted by Crippen LogP contribution is 2.20. The van der Waals surface area contributed by atoms with Crippen molar-refractivity contribution < 1.29 is 0 Å². The van der Waals surface area contributed by atoms with Gasteiger partial charge in [-0.05, 0) is 30.5 Å². The number of nitrogens with zero attached hydrogens (tertiary/aromatic N) is 2. The summed E-state index contributed by atoms with van der Waals surface area (Å²) >= 11 is 0. The molecule has 0 saturated carbocycles. The van der Waals surface area contributed by atoms with Crippen molar-refractivity contribution in [2.75, 3.05) is 18.0 Å². The van der Waals surface area contributed by atoms with E-state index in [1.165, 1.54) is 31.6 Å². The SMILES string of the molecule is N=NCc1ccc(N2CCCC2)cc1. The fraction of sp³-hybridized carbons (Fsp3) is 0.455. The van der Waals surface area contributed by atoms with Gasteiger partial charge in [0.15, 0.2) is 0 Å². The molecule has 74 valence electrons. The van der Waals surface area contributed by atoms with E-state index in [4.69, 9.17) is 5.53 Å². The third kappa shape index (κ3) is 1.92. The van der Waals surface area contributed by atoms with E-state index >= 15 is 0 Å². The van der Waals surface area contributed by atoms with Crippen LogP contribution in [0.15, 0.2) is 29.4 Å². The molecule has 1 fully saturated rings. The molecule has 1 saturated heterocycles. The van der Waals surface area contributed by atoms with Crippen molar-refractivity contribution in [1.29, 1.82) is 5.53 Å². The molecule has 1 heterocycles. The number of hydrogen-bond donors (Lipinski definition) is 1. The Labute approximate surface area is 84.2 Å². The van der Waals surface area contributed by atoms with Crippen LogP contribution >= 0.6 is 0 Å². The van der Waals surface area contributed by atoms with Gasteiger partial charge in [-0.15, -0.1) is 0 Å². The van der Waals surface area contributed by atoms with Crippen molar-refractivity contribution in [3.05, 3.63) is 29.8 Å². The van der Waals surface area contributed by atoms with Crippen LogP contribution in [0.5, 0.6) is 0 Å². The fourth-order valence-electron chi connectivity index (χ4n) is 1.88. The molecule has 14 heavy (non-hydrogen) atoms. The van der Waals surface area contributed by atoms with E-state index in [1.54, 1.807) is 0 Å². The molecule has 0 radical (unpaired) electrons. The zero-order chi connectivity index (χ0) is 9.80. The molecule has 1 aliphatic rings. The molecule has 0 unspecified atom stereocenters. The maximum Gasteiger partial charge on any atom is 0.0846 e. The second-order valence-corrected chi connectivity index (χ2v) is 3.68. The summed E-state index contributed by atoms with van der Waals surface area (Å²) in [5, 5.41) is 3.37. The first-order chi connectivity index (χ1) is 6.90. The molecule has 3 nitrogen and oxygen atoms in total. The largest absolute Gasteiger partial charge is 0.372 e. The highest BCUT2D eigenvalue weighted by Gasteiger charge is 2.11. The number of rotatable bonds is 3. The van der Waals surface area contributed by atoms with Crippen molar-refractivity contribution in [2.24, 2.45) is 5.11 Å². The van der Waals surface area contributed by atoms with Gasteiger partial charge in [0.2, 0.25) is 0 Å². The molecular weight excluding hydrogens is 174 g/mol. The van der Waals surface area contributed by atoms with Crippen LogP contribution < -0.4 is 4.90 Å². The third-order valence-corrected chi connectivity index (χ3v) is 2.67. The topological polar surface area (TPSA) is 39.5 Å². The summed E-state index contributed by atoms with van der Waals surface area (Å²) < 4.78 is 0. The van der Waals surface area contributed by atoms with Gasteiger partial charge in [0.25, 0.3) is 0 Å². The molecule has 0 amide bonds. The molecule has 0 spiro atoms. The van der Waals surface area contributed by atoms with Crippen LogP contribution in [0.1, 0.15) is 18.4 Å². The van der Waals surface area contributed by atoms with Gasteiger partial charge in [0.1, 0.15) is 0 Å². The maximum atomic E-state index is 6.78. The quantitative estimate of drug-likeness (QED) is 0.729. The van der Waals surface area contributed by atoms with Crippen LogP contribution in [-0.4, -0.2) is 13.1 Å². The third-order valence-electron chi connectivity index (χ3n) is 2.67. The smallest absolute Gasteiger partial charge is 0.0846 e. The van der Waals surface area contributed by atoms with E-state index in [9.17, 15) is 0 Å². The van der Waals surface area contributed by atoms with Crippen molar-refractivity contribution in [3.8, 4) is 0 Å². The normalized spacial score (nSPS) is 15.9. The Kier molecular flexibility index (Phi) is 2.77. The summed E-state index contributed by atoms with van der Waals surface area (Å²) in [5.41, 5.74) is 9.19. The van der Waals surface area contributed by atoms with E-state index in [0.29, 0.717) is 6.54 Å². The van der Waals surface area contributed by atoms with Crippen LogP contribution in [-0.2, 0) is 6.54 Å². The van der Waals surface area contributed by atoms with Crippen molar-refractivity contribution in [3.63, 3.8) is 0 Å². The van der Waals surface area contributed by atoms with E-state index in [0.717, 1.165) is 5.56 Å². The second kappa shape index (κ2) is 4.22. The summed E-state index contributed by atoms with van der Waals surface area (Å²) in [6.45, 7) is 2.87. The molecule has 0 atom stereocenters. The Morgan fingerprint density at radius 2 is 1.79 bits per heavy atom. The summed E-state index contributed by atoms with van der Waals surface area (Å²) in [5.74, 6) is 0. The molecule has 0 bridgehead atoms. The lowest BCUT2D eigenvalue weighted by Gasteiger charge is -2.17. The molecule has 0 aromatic heterocycles. The molecular formula is C11H15N3.